The van der Waals surface area contributed by atoms with E-state index in [4.69, 9.17) is 5.26 Å². The maximum atomic E-state index is 11.7. The molecule has 17 heavy (non-hydrogen) atoms. The summed E-state index contributed by atoms with van der Waals surface area (Å²) in [5.41, 5.74) is 0. The molecule has 1 unspecified atom stereocenters. The molecule has 0 bridgehead atoms. The van der Waals surface area contributed by atoms with Crippen LogP contribution in [-0.4, -0.2) is 30.5 Å². The van der Waals surface area contributed by atoms with Crippen LogP contribution in [0.25, 0.3) is 0 Å². The first-order valence-electron chi connectivity index (χ1n) is 4.90. The summed E-state index contributed by atoms with van der Waals surface area (Å²) in [6.45, 7) is 0.268. The maximum Gasteiger partial charge on any atom is 0.311 e. The molecule has 1 aliphatic rings. The van der Waals surface area contributed by atoms with Gasteiger partial charge in [-0.2, -0.15) is 5.26 Å². The zero-order chi connectivity index (χ0) is 12.4. The summed E-state index contributed by atoms with van der Waals surface area (Å²) < 4.78 is 4.61. The van der Waals surface area contributed by atoms with E-state index in [1.807, 2.05) is 6.07 Å². The molecule has 1 aromatic rings. The van der Waals surface area contributed by atoms with Gasteiger partial charge in [0.05, 0.1) is 19.2 Å². The van der Waals surface area contributed by atoms with Crippen molar-refractivity contribution < 1.29 is 14.3 Å². The molecule has 1 fully saturated rings. The molecule has 0 aliphatic carbocycles. The number of hydrogen-bond acceptors (Lipinski definition) is 6. The molecule has 2 heterocycles. The molecule has 1 atom stereocenters. The third-order valence-corrected chi connectivity index (χ3v) is 3.42. The lowest BCUT2D eigenvalue weighted by atomic mass is 10.1. The van der Waals surface area contributed by atoms with Gasteiger partial charge in [-0.05, 0) is 0 Å². The first-order valence-corrected chi connectivity index (χ1v) is 5.71. The van der Waals surface area contributed by atoms with E-state index in [1.165, 1.54) is 18.2 Å². The predicted molar refractivity (Wildman–Crippen MR) is 59.3 cm³/mol. The fraction of sp³-hybridized carbons (Fsp3) is 0.400. The standard InChI is InChI=1S/C10H9N3O3S/c1-16-9(15)6-2-8(14)13(5-6)10-12-4-7(3-11)17-10/h4,6H,2,5H2,1H3. The topological polar surface area (TPSA) is 83.3 Å². The number of rotatable bonds is 2. The Hall–Kier alpha value is -1.94. The molecule has 0 radical (unpaired) electrons. The van der Waals surface area contributed by atoms with Gasteiger partial charge in [-0.1, -0.05) is 11.3 Å². The van der Waals surface area contributed by atoms with Crippen LogP contribution < -0.4 is 4.90 Å². The molecule has 1 saturated heterocycles. The molecule has 1 amide bonds. The van der Waals surface area contributed by atoms with Crippen molar-refractivity contribution in [1.82, 2.24) is 4.98 Å². The minimum Gasteiger partial charge on any atom is -0.469 e. The third-order valence-electron chi connectivity index (χ3n) is 2.49. The van der Waals surface area contributed by atoms with Crippen molar-refractivity contribution in [1.29, 1.82) is 5.26 Å². The van der Waals surface area contributed by atoms with E-state index in [-0.39, 0.29) is 18.9 Å². The number of carbonyl (C=O) groups is 2. The molecular weight excluding hydrogens is 242 g/mol. The molecule has 6 nitrogen and oxygen atoms in total. The van der Waals surface area contributed by atoms with Crippen molar-refractivity contribution in [3.63, 3.8) is 0 Å². The molecule has 7 heteroatoms. The van der Waals surface area contributed by atoms with Crippen molar-refractivity contribution in [3.8, 4) is 6.07 Å². The molecule has 2 rings (SSSR count). The predicted octanol–water partition coefficient (Wildman–Crippen LogP) is 0.541. The van der Waals surface area contributed by atoms with Crippen LogP contribution in [0.5, 0.6) is 0 Å². The summed E-state index contributed by atoms with van der Waals surface area (Å²) in [6.07, 6.45) is 1.55. The van der Waals surface area contributed by atoms with E-state index in [9.17, 15) is 9.59 Å². The number of nitrogens with zero attached hydrogens (tertiary/aromatic N) is 3. The van der Waals surface area contributed by atoms with Gasteiger partial charge in [-0.15, -0.1) is 0 Å². The van der Waals surface area contributed by atoms with E-state index in [0.717, 1.165) is 11.3 Å². The molecule has 88 valence electrons. The average molecular weight is 251 g/mol. The van der Waals surface area contributed by atoms with Crippen LogP contribution in [0.3, 0.4) is 0 Å². The second-order valence-electron chi connectivity index (χ2n) is 3.55. The van der Waals surface area contributed by atoms with Gasteiger partial charge in [0.2, 0.25) is 5.91 Å². The Morgan fingerprint density at radius 3 is 3.12 bits per heavy atom. The Labute approximate surface area is 101 Å². The van der Waals surface area contributed by atoms with Crippen LogP contribution >= 0.6 is 11.3 Å². The molecule has 0 N–H and O–H groups in total. The highest BCUT2D eigenvalue weighted by Crippen LogP contribution is 2.29. The zero-order valence-electron chi connectivity index (χ0n) is 9.04. The molecule has 0 saturated carbocycles. The number of esters is 1. The minimum atomic E-state index is -0.443. The number of ether oxygens (including phenoxy) is 1. The Morgan fingerprint density at radius 2 is 2.53 bits per heavy atom. The summed E-state index contributed by atoms with van der Waals surface area (Å²) in [5, 5.41) is 9.14. The maximum absolute atomic E-state index is 11.7. The first-order chi connectivity index (χ1) is 8.15. The number of nitriles is 1. The SMILES string of the molecule is COC(=O)C1CC(=O)N(c2ncc(C#N)s2)C1. The van der Waals surface area contributed by atoms with Gasteiger partial charge in [0.15, 0.2) is 5.13 Å². The van der Waals surface area contributed by atoms with Crippen LogP contribution in [0, 0.1) is 17.2 Å². The number of methoxy groups -OCH3 is 1. The Balaban J connectivity index is 2.16. The summed E-state index contributed by atoms with van der Waals surface area (Å²) in [4.78, 5) is 28.9. The Kier molecular flexibility index (Phi) is 3.06. The quantitative estimate of drug-likeness (QED) is 0.716. The van der Waals surface area contributed by atoms with Gasteiger partial charge in [0.1, 0.15) is 10.9 Å². The van der Waals surface area contributed by atoms with Crippen molar-refractivity contribution in [2.24, 2.45) is 5.92 Å². The lowest BCUT2D eigenvalue weighted by molar-refractivity contribution is -0.145. The van der Waals surface area contributed by atoms with Gasteiger partial charge in [0.25, 0.3) is 0 Å². The molecule has 0 aromatic carbocycles. The van der Waals surface area contributed by atoms with Gasteiger partial charge >= 0.3 is 5.97 Å². The van der Waals surface area contributed by atoms with Crippen LogP contribution in [0.1, 0.15) is 11.3 Å². The summed E-state index contributed by atoms with van der Waals surface area (Å²) in [5.74, 6) is -1.00. The monoisotopic (exact) mass is 251 g/mol. The number of aromatic nitrogens is 1. The van der Waals surface area contributed by atoms with Crippen molar-refractivity contribution in [2.45, 2.75) is 6.42 Å². The number of thiazole rings is 1. The van der Waals surface area contributed by atoms with Crippen molar-refractivity contribution in [3.05, 3.63) is 11.1 Å². The van der Waals surface area contributed by atoms with Crippen molar-refractivity contribution in [2.75, 3.05) is 18.6 Å². The second-order valence-corrected chi connectivity index (χ2v) is 4.56. The first kappa shape index (κ1) is 11.5. The van der Waals surface area contributed by atoms with Gasteiger partial charge < -0.3 is 4.74 Å². The third kappa shape index (κ3) is 2.12. The van der Waals surface area contributed by atoms with E-state index >= 15 is 0 Å². The normalized spacial score (nSPS) is 19.2. The van der Waals surface area contributed by atoms with E-state index in [1.54, 1.807) is 0 Å². The van der Waals surface area contributed by atoms with Gasteiger partial charge in [0, 0.05) is 13.0 Å². The zero-order valence-corrected chi connectivity index (χ0v) is 9.86. The molecular formula is C10H9N3O3S. The molecule has 1 aliphatic heterocycles. The number of carbonyl (C=O) groups excluding carboxylic acids is 2. The van der Waals surface area contributed by atoms with Crippen LogP contribution in [0.15, 0.2) is 6.20 Å². The second kappa shape index (κ2) is 4.51. The van der Waals surface area contributed by atoms with Crippen LogP contribution in [0.4, 0.5) is 5.13 Å². The highest BCUT2D eigenvalue weighted by atomic mass is 32.1. The lowest BCUT2D eigenvalue weighted by Gasteiger charge is -2.11. The van der Waals surface area contributed by atoms with Crippen molar-refractivity contribution >= 4 is 28.3 Å². The van der Waals surface area contributed by atoms with Crippen LogP contribution in [0.2, 0.25) is 0 Å². The highest BCUT2D eigenvalue weighted by Gasteiger charge is 2.37. The largest absolute Gasteiger partial charge is 0.469 e. The minimum absolute atomic E-state index is 0.133. The number of anilines is 1. The van der Waals surface area contributed by atoms with E-state index < -0.39 is 11.9 Å². The number of amides is 1. The number of hydrogen-bond donors (Lipinski definition) is 0. The Bertz CT molecular complexity index is 505. The Morgan fingerprint density at radius 1 is 1.76 bits per heavy atom. The summed E-state index contributed by atoms with van der Waals surface area (Å²) in [6, 6.07) is 1.96. The fourth-order valence-corrected chi connectivity index (χ4v) is 2.40. The van der Waals surface area contributed by atoms with E-state index in [2.05, 4.69) is 9.72 Å². The van der Waals surface area contributed by atoms with E-state index in [0.29, 0.717) is 10.0 Å². The smallest absolute Gasteiger partial charge is 0.311 e. The van der Waals surface area contributed by atoms with Gasteiger partial charge in [-0.25, -0.2) is 4.98 Å². The molecule has 0 spiro atoms. The summed E-state index contributed by atoms with van der Waals surface area (Å²) in [7, 11) is 1.30. The lowest BCUT2D eigenvalue weighted by Crippen LogP contribution is -2.25. The average Bonchev–Trinajstić information content (AvgIpc) is 2.93. The summed E-state index contributed by atoms with van der Waals surface area (Å²) >= 11 is 1.14. The van der Waals surface area contributed by atoms with Crippen LogP contribution in [-0.2, 0) is 14.3 Å². The highest BCUT2D eigenvalue weighted by molar-refractivity contribution is 7.16. The fourth-order valence-electron chi connectivity index (χ4n) is 1.66. The molecule has 1 aromatic heterocycles. The van der Waals surface area contributed by atoms with Gasteiger partial charge in [-0.3, -0.25) is 14.5 Å².